The van der Waals surface area contributed by atoms with E-state index < -0.39 is 0 Å². The van der Waals surface area contributed by atoms with Gasteiger partial charge in [0, 0.05) is 11.1 Å². The second-order valence-electron chi connectivity index (χ2n) is 3.89. The fourth-order valence-electron chi connectivity index (χ4n) is 1.82. The topological polar surface area (TPSA) is 21.3 Å². The van der Waals surface area contributed by atoms with Crippen LogP contribution in [0.2, 0.25) is 5.02 Å². The second kappa shape index (κ2) is 6.77. The van der Waals surface area contributed by atoms with Gasteiger partial charge in [-0.25, -0.2) is 0 Å². The molecule has 0 aliphatic heterocycles. The van der Waals surface area contributed by atoms with Crippen LogP contribution >= 0.6 is 11.6 Å². The molecule has 1 aromatic carbocycles. The third-order valence-corrected chi connectivity index (χ3v) is 3.14. The summed E-state index contributed by atoms with van der Waals surface area (Å²) in [7, 11) is 3.70. The first-order valence-electron chi connectivity index (χ1n) is 5.71. The van der Waals surface area contributed by atoms with Gasteiger partial charge in [0.05, 0.1) is 7.11 Å². The van der Waals surface area contributed by atoms with Gasteiger partial charge in [0.15, 0.2) is 0 Å². The number of hydrogen-bond donors (Lipinski definition) is 1. The van der Waals surface area contributed by atoms with Crippen LogP contribution in [0.1, 0.15) is 25.3 Å². The first-order valence-corrected chi connectivity index (χ1v) is 6.08. The predicted molar refractivity (Wildman–Crippen MR) is 69.5 cm³/mol. The first kappa shape index (κ1) is 13.3. The molecular weight excluding hydrogens is 222 g/mol. The van der Waals surface area contributed by atoms with Gasteiger partial charge in [-0.3, -0.25) is 0 Å². The number of aryl methyl sites for hydroxylation is 1. The van der Waals surface area contributed by atoms with Crippen LogP contribution in [0.15, 0.2) is 18.2 Å². The maximum atomic E-state index is 5.99. The summed E-state index contributed by atoms with van der Waals surface area (Å²) < 4.78 is 5.32. The van der Waals surface area contributed by atoms with Crippen LogP contribution in [0.5, 0.6) is 5.75 Å². The van der Waals surface area contributed by atoms with E-state index in [0.717, 1.165) is 30.0 Å². The van der Waals surface area contributed by atoms with Crippen molar-refractivity contribution in [3.63, 3.8) is 0 Å². The summed E-state index contributed by atoms with van der Waals surface area (Å²) in [6.07, 6.45) is 3.23. The molecule has 0 amide bonds. The molecule has 1 unspecified atom stereocenters. The Kier molecular flexibility index (Phi) is 5.64. The summed E-state index contributed by atoms with van der Waals surface area (Å²) in [6.45, 7) is 2.19. The zero-order valence-electron chi connectivity index (χ0n) is 10.2. The lowest BCUT2D eigenvalue weighted by molar-refractivity contribution is 0.406. The molecule has 0 aromatic heterocycles. The summed E-state index contributed by atoms with van der Waals surface area (Å²) in [4.78, 5) is 0. The molecule has 1 rings (SSSR count). The molecule has 3 heteroatoms. The lowest BCUT2D eigenvalue weighted by Gasteiger charge is -2.15. The van der Waals surface area contributed by atoms with E-state index in [4.69, 9.17) is 16.3 Å². The van der Waals surface area contributed by atoms with E-state index in [0.29, 0.717) is 6.04 Å². The number of nitrogens with one attached hydrogen (secondary N) is 1. The smallest absolute Gasteiger partial charge is 0.122 e. The van der Waals surface area contributed by atoms with Crippen molar-refractivity contribution in [2.24, 2.45) is 0 Å². The van der Waals surface area contributed by atoms with Crippen molar-refractivity contribution in [3.05, 3.63) is 28.8 Å². The van der Waals surface area contributed by atoms with E-state index in [-0.39, 0.29) is 0 Å². The highest BCUT2D eigenvalue weighted by Crippen LogP contribution is 2.24. The van der Waals surface area contributed by atoms with E-state index in [1.54, 1.807) is 7.11 Å². The molecule has 0 fully saturated rings. The van der Waals surface area contributed by atoms with Gasteiger partial charge >= 0.3 is 0 Å². The fraction of sp³-hybridized carbons (Fsp3) is 0.538. The number of benzene rings is 1. The molecule has 2 nitrogen and oxygen atoms in total. The summed E-state index contributed by atoms with van der Waals surface area (Å²) in [6, 6.07) is 6.34. The van der Waals surface area contributed by atoms with Crippen LogP contribution in [-0.4, -0.2) is 20.2 Å². The molecular formula is C13H20ClNO. The second-order valence-corrected chi connectivity index (χ2v) is 4.33. The first-order chi connectivity index (χ1) is 7.71. The van der Waals surface area contributed by atoms with Gasteiger partial charge in [0.25, 0.3) is 0 Å². The Labute approximate surface area is 103 Å². The average molecular weight is 242 g/mol. The van der Waals surface area contributed by atoms with Crippen LogP contribution in [0, 0.1) is 0 Å². The van der Waals surface area contributed by atoms with E-state index in [1.165, 1.54) is 5.56 Å². The maximum Gasteiger partial charge on any atom is 0.122 e. The summed E-state index contributed by atoms with van der Waals surface area (Å²) in [5.41, 5.74) is 1.18. The monoisotopic (exact) mass is 241 g/mol. The van der Waals surface area contributed by atoms with Gasteiger partial charge in [-0.05, 0) is 50.1 Å². The highest BCUT2D eigenvalue weighted by atomic mass is 35.5. The van der Waals surface area contributed by atoms with Crippen molar-refractivity contribution in [1.29, 1.82) is 0 Å². The number of halogens is 1. The van der Waals surface area contributed by atoms with Crippen LogP contribution in [0.3, 0.4) is 0 Å². The van der Waals surface area contributed by atoms with Crippen molar-refractivity contribution >= 4 is 11.6 Å². The molecule has 1 atom stereocenters. The SMILES string of the molecule is CCC(CCc1cc(Cl)ccc1OC)NC. The highest BCUT2D eigenvalue weighted by Gasteiger charge is 2.07. The largest absolute Gasteiger partial charge is 0.496 e. The minimum atomic E-state index is 0.559. The van der Waals surface area contributed by atoms with E-state index in [9.17, 15) is 0 Å². The molecule has 0 heterocycles. The fourth-order valence-corrected chi connectivity index (χ4v) is 2.02. The average Bonchev–Trinajstić information content (AvgIpc) is 2.30. The van der Waals surface area contributed by atoms with Crippen molar-refractivity contribution in [1.82, 2.24) is 5.32 Å². The summed E-state index contributed by atoms with van der Waals surface area (Å²) in [5.74, 6) is 0.926. The molecule has 0 spiro atoms. The predicted octanol–water partition coefficient (Wildman–Crippen LogP) is 3.28. The highest BCUT2D eigenvalue weighted by molar-refractivity contribution is 6.30. The lowest BCUT2D eigenvalue weighted by atomic mass is 10.0. The Morgan fingerprint density at radius 1 is 1.44 bits per heavy atom. The van der Waals surface area contributed by atoms with Crippen LogP contribution in [0.4, 0.5) is 0 Å². The minimum Gasteiger partial charge on any atom is -0.496 e. The molecule has 16 heavy (non-hydrogen) atoms. The maximum absolute atomic E-state index is 5.99. The van der Waals surface area contributed by atoms with E-state index >= 15 is 0 Å². The molecule has 1 N–H and O–H groups in total. The standard InChI is InChI=1S/C13H20ClNO/c1-4-12(15-2)7-5-10-9-11(14)6-8-13(10)16-3/h6,8-9,12,15H,4-5,7H2,1-3H3. The summed E-state index contributed by atoms with van der Waals surface area (Å²) >= 11 is 5.99. The molecule has 90 valence electrons. The van der Waals surface area contributed by atoms with Crippen LogP contribution < -0.4 is 10.1 Å². The molecule has 0 saturated carbocycles. The zero-order valence-corrected chi connectivity index (χ0v) is 11.0. The molecule has 0 radical (unpaired) electrons. The number of rotatable bonds is 6. The number of hydrogen-bond acceptors (Lipinski definition) is 2. The van der Waals surface area contributed by atoms with Crippen molar-refractivity contribution in [2.75, 3.05) is 14.2 Å². The normalized spacial score (nSPS) is 12.5. The number of methoxy groups -OCH3 is 1. The van der Waals surface area contributed by atoms with Gasteiger partial charge in [-0.15, -0.1) is 0 Å². The van der Waals surface area contributed by atoms with E-state index in [1.807, 2.05) is 25.2 Å². The lowest BCUT2D eigenvalue weighted by Crippen LogP contribution is -2.24. The molecule has 0 bridgehead atoms. The summed E-state index contributed by atoms with van der Waals surface area (Å²) in [5, 5.41) is 4.07. The Morgan fingerprint density at radius 3 is 2.75 bits per heavy atom. The van der Waals surface area contributed by atoms with Crippen LogP contribution in [0.25, 0.3) is 0 Å². The van der Waals surface area contributed by atoms with Crippen molar-refractivity contribution in [3.8, 4) is 5.75 Å². The van der Waals surface area contributed by atoms with Crippen molar-refractivity contribution < 1.29 is 4.74 Å². The van der Waals surface area contributed by atoms with Gasteiger partial charge in [0.2, 0.25) is 0 Å². The van der Waals surface area contributed by atoms with Gasteiger partial charge < -0.3 is 10.1 Å². The third-order valence-electron chi connectivity index (χ3n) is 2.91. The van der Waals surface area contributed by atoms with E-state index in [2.05, 4.69) is 12.2 Å². The third kappa shape index (κ3) is 3.69. The Hall–Kier alpha value is -0.730. The Morgan fingerprint density at radius 2 is 2.19 bits per heavy atom. The molecule has 0 aliphatic rings. The Balaban J connectivity index is 2.68. The van der Waals surface area contributed by atoms with Crippen molar-refractivity contribution in [2.45, 2.75) is 32.2 Å². The minimum absolute atomic E-state index is 0.559. The molecule has 0 saturated heterocycles. The van der Waals surface area contributed by atoms with Gasteiger partial charge in [0.1, 0.15) is 5.75 Å². The van der Waals surface area contributed by atoms with Gasteiger partial charge in [-0.2, -0.15) is 0 Å². The number of ether oxygens (including phenoxy) is 1. The van der Waals surface area contributed by atoms with Crippen LogP contribution in [-0.2, 0) is 6.42 Å². The Bertz CT molecular complexity index is 324. The quantitative estimate of drug-likeness (QED) is 0.825. The zero-order chi connectivity index (χ0) is 12.0. The molecule has 1 aromatic rings. The molecule has 0 aliphatic carbocycles. The van der Waals surface area contributed by atoms with Gasteiger partial charge in [-0.1, -0.05) is 18.5 Å².